The molecule has 32 heavy (non-hydrogen) atoms. The van der Waals surface area contributed by atoms with E-state index in [9.17, 15) is 22.4 Å². The van der Waals surface area contributed by atoms with Gasteiger partial charge in [-0.1, -0.05) is 6.92 Å². The minimum Gasteiger partial charge on any atom is -0.339 e. The fraction of sp³-hybridized carbons (Fsp3) is 0.300. The van der Waals surface area contributed by atoms with Crippen molar-refractivity contribution in [3.63, 3.8) is 0 Å². The van der Waals surface area contributed by atoms with Crippen LogP contribution in [0.15, 0.2) is 30.7 Å². The third kappa shape index (κ3) is 5.50. The number of alkyl halides is 4. The molecule has 3 aromatic heterocycles. The van der Waals surface area contributed by atoms with E-state index < -0.39 is 23.9 Å². The van der Waals surface area contributed by atoms with Gasteiger partial charge in [0.05, 0.1) is 11.4 Å². The van der Waals surface area contributed by atoms with E-state index in [0.717, 1.165) is 12.4 Å². The van der Waals surface area contributed by atoms with Crippen LogP contribution < -0.4 is 10.6 Å². The number of pyridine rings is 1. The molecule has 0 spiro atoms. The monoisotopic (exact) mass is 449 g/mol. The molecule has 0 aromatic carbocycles. The number of aryl methyl sites for hydroxylation is 1. The quantitative estimate of drug-likeness (QED) is 0.506. The number of nitrogens with one attached hydrogen (secondary N) is 2. The van der Waals surface area contributed by atoms with Gasteiger partial charge in [0.15, 0.2) is 0 Å². The summed E-state index contributed by atoms with van der Waals surface area (Å²) in [6, 6.07) is 3.99. The Morgan fingerprint density at radius 1 is 1.09 bits per heavy atom. The van der Waals surface area contributed by atoms with Crippen molar-refractivity contribution in [1.82, 2.24) is 24.9 Å². The number of halogens is 4. The van der Waals surface area contributed by atoms with E-state index >= 15 is 0 Å². The normalized spacial score (nSPS) is 11.5. The summed E-state index contributed by atoms with van der Waals surface area (Å²) in [5.41, 5.74) is 0.512. The van der Waals surface area contributed by atoms with Crippen molar-refractivity contribution in [2.24, 2.45) is 0 Å². The van der Waals surface area contributed by atoms with Crippen molar-refractivity contribution in [3.8, 4) is 11.3 Å². The van der Waals surface area contributed by atoms with Crippen molar-refractivity contribution in [1.29, 1.82) is 0 Å². The maximum Gasteiger partial charge on any atom is 0.303 e. The first kappa shape index (κ1) is 23.0. The van der Waals surface area contributed by atoms with Crippen LogP contribution in [0, 0.1) is 0 Å². The Hall–Kier alpha value is -3.70. The summed E-state index contributed by atoms with van der Waals surface area (Å²) in [6.45, 7) is 3.73. The van der Waals surface area contributed by atoms with Gasteiger partial charge < -0.3 is 10.6 Å². The number of anilines is 3. The lowest BCUT2D eigenvalue weighted by Gasteiger charge is -2.16. The summed E-state index contributed by atoms with van der Waals surface area (Å²) in [7, 11) is 0. The van der Waals surface area contributed by atoms with Crippen LogP contribution in [0.1, 0.15) is 44.4 Å². The summed E-state index contributed by atoms with van der Waals surface area (Å²) >= 11 is 0. The van der Waals surface area contributed by atoms with Crippen LogP contribution in [0.3, 0.4) is 0 Å². The lowest BCUT2D eigenvalue weighted by atomic mass is 10.1. The molecule has 12 heteroatoms. The molecule has 0 radical (unpaired) electrons. The minimum absolute atomic E-state index is 0.0535. The van der Waals surface area contributed by atoms with Crippen LogP contribution in [-0.4, -0.2) is 30.8 Å². The van der Waals surface area contributed by atoms with Crippen molar-refractivity contribution in [2.75, 3.05) is 10.6 Å². The smallest absolute Gasteiger partial charge is 0.303 e. The van der Waals surface area contributed by atoms with E-state index in [1.807, 2.05) is 0 Å². The molecule has 168 valence electrons. The molecule has 3 heterocycles. The van der Waals surface area contributed by atoms with Gasteiger partial charge in [-0.25, -0.2) is 33.7 Å². The third-order valence-corrected chi connectivity index (χ3v) is 4.19. The lowest BCUT2D eigenvalue weighted by molar-refractivity contribution is -0.114. The molecule has 0 fully saturated rings. The van der Waals surface area contributed by atoms with Gasteiger partial charge in [-0.2, -0.15) is 8.78 Å². The summed E-state index contributed by atoms with van der Waals surface area (Å²) in [4.78, 5) is 30.8. The van der Waals surface area contributed by atoms with Gasteiger partial charge in [-0.15, -0.1) is 0 Å². The second-order valence-electron chi connectivity index (χ2n) is 6.86. The number of amides is 1. The van der Waals surface area contributed by atoms with Crippen LogP contribution >= 0.6 is 0 Å². The van der Waals surface area contributed by atoms with Crippen molar-refractivity contribution in [2.45, 2.75) is 39.5 Å². The number of carbonyl (C=O) groups is 1. The van der Waals surface area contributed by atoms with E-state index in [1.54, 1.807) is 6.92 Å². The summed E-state index contributed by atoms with van der Waals surface area (Å²) < 4.78 is 53.9. The molecule has 3 rings (SSSR count). The molecule has 0 aliphatic heterocycles. The second kappa shape index (κ2) is 9.20. The summed E-state index contributed by atoms with van der Waals surface area (Å²) in [5, 5.41) is 5.40. The van der Waals surface area contributed by atoms with E-state index in [2.05, 4.69) is 35.6 Å². The standard InChI is InChI=1S/C20H19F4N7O/c1-4-11-5-17(31-19(29-11)20(3,23)24)30-14-7-16(28-10(2)32)25-8-12(14)13-6-15(18(21)22)27-9-26-13/h5-9,18H,4H2,1-3H3,(H2,25,28,29,30,31,32). The highest BCUT2D eigenvalue weighted by Gasteiger charge is 2.29. The van der Waals surface area contributed by atoms with Crippen LogP contribution in [0.2, 0.25) is 0 Å². The number of carbonyl (C=O) groups excluding carboxylic acids is 1. The zero-order valence-corrected chi connectivity index (χ0v) is 17.3. The predicted molar refractivity (Wildman–Crippen MR) is 109 cm³/mol. The third-order valence-electron chi connectivity index (χ3n) is 4.19. The van der Waals surface area contributed by atoms with Crippen LogP contribution in [0.4, 0.5) is 34.9 Å². The van der Waals surface area contributed by atoms with Gasteiger partial charge in [0.2, 0.25) is 11.7 Å². The Labute approximate surface area is 180 Å². The molecule has 2 N–H and O–H groups in total. The van der Waals surface area contributed by atoms with Crippen LogP contribution in [0.5, 0.6) is 0 Å². The molecule has 8 nitrogen and oxygen atoms in total. The zero-order chi connectivity index (χ0) is 23.5. The zero-order valence-electron chi connectivity index (χ0n) is 17.3. The molecule has 0 aliphatic rings. The fourth-order valence-corrected chi connectivity index (χ4v) is 2.73. The molecule has 3 aromatic rings. The fourth-order valence-electron chi connectivity index (χ4n) is 2.73. The molecular formula is C20H19F4N7O. The number of hydrogen-bond donors (Lipinski definition) is 2. The summed E-state index contributed by atoms with van der Waals surface area (Å²) in [6.07, 6.45) is -0.145. The summed E-state index contributed by atoms with van der Waals surface area (Å²) in [5.74, 6) is -4.13. The number of aromatic nitrogens is 5. The Kier molecular flexibility index (Phi) is 6.61. The Morgan fingerprint density at radius 3 is 2.47 bits per heavy atom. The van der Waals surface area contributed by atoms with Gasteiger partial charge in [-0.05, 0) is 12.5 Å². The number of hydrogen-bond acceptors (Lipinski definition) is 7. The first-order chi connectivity index (χ1) is 15.1. The van der Waals surface area contributed by atoms with E-state index in [1.165, 1.54) is 25.3 Å². The van der Waals surface area contributed by atoms with Crippen molar-refractivity contribution < 1.29 is 22.4 Å². The lowest BCUT2D eigenvalue weighted by Crippen LogP contribution is -2.15. The Balaban J connectivity index is 2.12. The number of rotatable bonds is 7. The first-order valence-electron chi connectivity index (χ1n) is 9.48. The molecule has 0 saturated heterocycles. The van der Waals surface area contributed by atoms with E-state index in [-0.39, 0.29) is 34.5 Å². The topological polar surface area (TPSA) is 106 Å². The Morgan fingerprint density at radius 2 is 1.84 bits per heavy atom. The van der Waals surface area contributed by atoms with Gasteiger partial charge >= 0.3 is 5.92 Å². The molecule has 0 unspecified atom stereocenters. The van der Waals surface area contributed by atoms with Gasteiger partial charge in [-0.3, -0.25) is 4.79 Å². The molecule has 0 saturated carbocycles. The van der Waals surface area contributed by atoms with Gasteiger partial charge in [0.1, 0.15) is 23.7 Å². The highest BCUT2D eigenvalue weighted by atomic mass is 19.3. The highest BCUT2D eigenvalue weighted by molar-refractivity contribution is 5.89. The molecule has 0 aliphatic carbocycles. The average molecular weight is 449 g/mol. The first-order valence-corrected chi connectivity index (χ1v) is 9.48. The molecule has 0 atom stereocenters. The Bertz CT molecular complexity index is 1140. The highest BCUT2D eigenvalue weighted by Crippen LogP contribution is 2.32. The van der Waals surface area contributed by atoms with Crippen LogP contribution in [-0.2, 0) is 17.1 Å². The van der Waals surface area contributed by atoms with Gasteiger partial charge in [0, 0.05) is 43.4 Å². The van der Waals surface area contributed by atoms with E-state index in [4.69, 9.17) is 0 Å². The molecule has 0 bridgehead atoms. The number of nitrogens with zero attached hydrogens (tertiary/aromatic N) is 5. The second-order valence-corrected chi connectivity index (χ2v) is 6.86. The minimum atomic E-state index is -3.27. The SMILES string of the molecule is CCc1cc(Nc2cc(NC(C)=O)ncc2-c2cc(C(F)F)ncn2)nc(C(C)(F)F)n1. The largest absolute Gasteiger partial charge is 0.339 e. The van der Waals surface area contributed by atoms with Gasteiger partial charge in [0.25, 0.3) is 6.43 Å². The predicted octanol–water partition coefficient (Wildman–Crippen LogP) is 4.64. The maximum absolute atomic E-state index is 13.9. The van der Waals surface area contributed by atoms with Crippen LogP contribution in [0.25, 0.3) is 11.3 Å². The molecular weight excluding hydrogens is 430 g/mol. The van der Waals surface area contributed by atoms with Crippen molar-refractivity contribution >= 4 is 23.2 Å². The maximum atomic E-state index is 13.9. The van der Waals surface area contributed by atoms with E-state index in [0.29, 0.717) is 19.0 Å². The average Bonchev–Trinajstić information content (AvgIpc) is 2.72. The van der Waals surface area contributed by atoms with Crippen molar-refractivity contribution in [3.05, 3.63) is 47.9 Å². The molecule has 1 amide bonds.